The van der Waals surface area contributed by atoms with Crippen LogP contribution < -0.4 is 20.1 Å². The van der Waals surface area contributed by atoms with Crippen molar-refractivity contribution in [1.29, 1.82) is 0 Å². The molecule has 0 saturated carbocycles. The van der Waals surface area contributed by atoms with E-state index in [0.29, 0.717) is 35.0 Å². The molecule has 0 saturated heterocycles. The quantitative estimate of drug-likeness (QED) is 0.636. The third kappa shape index (κ3) is 5.10. The molecule has 1 heterocycles. The van der Waals surface area contributed by atoms with E-state index in [2.05, 4.69) is 15.6 Å². The van der Waals surface area contributed by atoms with E-state index in [0.717, 1.165) is 0 Å². The molecule has 2 aromatic carbocycles. The van der Waals surface area contributed by atoms with E-state index in [-0.39, 0.29) is 11.6 Å². The molecular weight excluding hydrogens is 370 g/mol. The zero-order valence-corrected chi connectivity index (χ0v) is 16.1. The summed E-state index contributed by atoms with van der Waals surface area (Å²) in [6.45, 7) is 2.34. The van der Waals surface area contributed by atoms with Gasteiger partial charge in [0.1, 0.15) is 17.2 Å². The summed E-state index contributed by atoms with van der Waals surface area (Å²) in [4.78, 5) is 29.2. The molecule has 0 radical (unpaired) electrons. The number of pyridine rings is 1. The van der Waals surface area contributed by atoms with Crippen LogP contribution in [-0.4, -0.2) is 30.5 Å². The monoisotopic (exact) mass is 391 g/mol. The minimum Gasteiger partial charge on any atom is -0.497 e. The average molecular weight is 391 g/mol. The third-order valence-electron chi connectivity index (χ3n) is 4.04. The van der Waals surface area contributed by atoms with E-state index in [1.807, 2.05) is 13.0 Å². The lowest BCUT2D eigenvalue weighted by Crippen LogP contribution is -2.17. The van der Waals surface area contributed by atoms with E-state index in [9.17, 15) is 9.59 Å². The van der Waals surface area contributed by atoms with Gasteiger partial charge in [-0.05, 0) is 55.5 Å². The Labute approximate surface area is 168 Å². The molecule has 3 aromatic rings. The maximum atomic E-state index is 12.6. The van der Waals surface area contributed by atoms with Crippen molar-refractivity contribution in [2.45, 2.75) is 6.92 Å². The van der Waals surface area contributed by atoms with Crippen LogP contribution in [0.3, 0.4) is 0 Å². The van der Waals surface area contributed by atoms with Crippen molar-refractivity contribution < 1.29 is 19.1 Å². The zero-order valence-electron chi connectivity index (χ0n) is 16.1. The van der Waals surface area contributed by atoms with Gasteiger partial charge in [-0.25, -0.2) is 0 Å². The lowest BCUT2D eigenvalue weighted by molar-refractivity contribution is 0.102. The maximum Gasteiger partial charge on any atom is 0.274 e. The van der Waals surface area contributed by atoms with Crippen LogP contribution >= 0.6 is 0 Å². The Hall–Kier alpha value is -3.87. The lowest BCUT2D eigenvalue weighted by atomic mass is 10.2. The van der Waals surface area contributed by atoms with Crippen LogP contribution in [0.1, 0.15) is 27.8 Å². The average Bonchev–Trinajstić information content (AvgIpc) is 2.76. The fourth-order valence-electron chi connectivity index (χ4n) is 2.61. The standard InChI is InChI=1S/C22H21N3O4/c1-3-29-20-7-5-4-6-18(20)25-22(27)19-14-15(12-13-23-19)21(26)24-16-8-10-17(28-2)11-9-16/h4-14H,3H2,1-2H3,(H,24,26)(H,25,27). The summed E-state index contributed by atoms with van der Waals surface area (Å²) in [6, 6.07) is 17.1. The number of amides is 2. The summed E-state index contributed by atoms with van der Waals surface area (Å²) >= 11 is 0. The van der Waals surface area contributed by atoms with Crippen molar-refractivity contribution in [3.05, 3.63) is 78.1 Å². The van der Waals surface area contributed by atoms with Crippen LogP contribution in [0, 0.1) is 0 Å². The Kier molecular flexibility index (Phi) is 6.42. The molecule has 2 N–H and O–H groups in total. The molecule has 29 heavy (non-hydrogen) atoms. The topological polar surface area (TPSA) is 89.5 Å². The molecule has 148 valence electrons. The SMILES string of the molecule is CCOc1ccccc1NC(=O)c1cc(C(=O)Nc2ccc(OC)cc2)ccn1. The fraction of sp³-hybridized carbons (Fsp3) is 0.136. The number of methoxy groups -OCH3 is 1. The highest BCUT2D eigenvalue weighted by atomic mass is 16.5. The minimum atomic E-state index is -0.434. The summed E-state index contributed by atoms with van der Waals surface area (Å²) in [7, 11) is 1.57. The van der Waals surface area contributed by atoms with Crippen molar-refractivity contribution in [2.24, 2.45) is 0 Å². The van der Waals surface area contributed by atoms with Crippen LogP contribution in [-0.2, 0) is 0 Å². The number of nitrogens with one attached hydrogen (secondary N) is 2. The second-order valence-corrected chi connectivity index (χ2v) is 6.00. The molecule has 0 aliphatic rings. The van der Waals surface area contributed by atoms with Crippen molar-refractivity contribution in [2.75, 3.05) is 24.4 Å². The van der Waals surface area contributed by atoms with E-state index in [1.54, 1.807) is 55.6 Å². The van der Waals surface area contributed by atoms with E-state index >= 15 is 0 Å². The number of nitrogens with zero attached hydrogens (tertiary/aromatic N) is 1. The van der Waals surface area contributed by atoms with Crippen molar-refractivity contribution >= 4 is 23.2 Å². The molecule has 0 fully saturated rings. The highest BCUT2D eigenvalue weighted by Crippen LogP contribution is 2.24. The molecule has 0 spiro atoms. The molecule has 3 rings (SSSR count). The van der Waals surface area contributed by atoms with Gasteiger partial charge < -0.3 is 20.1 Å². The molecule has 7 heteroatoms. The van der Waals surface area contributed by atoms with Gasteiger partial charge in [0.25, 0.3) is 11.8 Å². The van der Waals surface area contributed by atoms with Crippen LogP contribution in [0.5, 0.6) is 11.5 Å². The Morgan fingerprint density at radius 3 is 2.45 bits per heavy atom. The number of carbonyl (C=O) groups excluding carboxylic acids is 2. The Balaban J connectivity index is 1.73. The van der Waals surface area contributed by atoms with Gasteiger partial charge in [0.15, 0.2) is 0 Å². The maximum absolute atomic E-state index is 12.6. The van der Waals surface area contributed by atoms with Gasteiger partial charge in [-0.1, -0.05) is 12.1 Å². The number of anilines is 2. The van der Waals surface area contributed by atoms with Gasteiger partial charge >= 0.3 is 0 Å². The number of hydrogen-bond donors (Lipinski definition) is 2. The van der Waals surface area contributed by atoms with Crippen LogP contribution in [0.15, 0.2) is 66.9 Å². The summed E-state index contributed by atoms with van der Waals surface area (Å²) in [5.74, 6) is 0.479. The first-order chi connectivity index (χ1) is 14.1. The van der Waals surface area contributed by atoms with Crippen molar-refractivity contribution in [1.82, 2.24) is 4.98 Å². The molecule has 2 amide bonds. The van der Waals surface area contributed by atoms with E-state index in [4.69, 9.17) is 9.47 Å². The Morgan fingerprint density at radius 2 is 1.72 bits per heavy atom. The first kappa shape index (κ1) is 19.9. The number of benzene rings is 2. The van der Waals surface area contributed by atoms with Gasteiger partial charge in [0, 0.05) is 17.4 Å². The number of para-hydroxylation sites is 2. The second-order valence-electron chi connectivity index (χ2n) is 6.00. The Bertz CT molecular complexity index is 1000. The van der Waals surface area contributed by atoms with Crippen molar-refractivity contribution in [3.63, 3.8) is 0 Å². The van der Waals surface area contributed by atoms with Crippen LogP contribution in [0.4, 0.5) is 11.4 Å². The molecular formula is C22H21N3O4. The normalized spacial score (nSPS) is 10.1. The number of ether oxygens (including phenoxy) is 2. The summed E-state index contributed by atoms with van der Waals surface area (Å²) in [5.41, 5.74) is 1.59. The predicted molar refractivity (Wildman–Crippen MR) is 111 cm³/mol. The van der Waals surface area contributed by atoms with Gasteiger partial charge in [-0.15, -0.1) is 0 Å². The molecule has 0 bridgehead atoms. The summed E-state index contributed by atoms with van der Waals surface area (Å²) in [5, 5.41) is 5.55. The first-order valence-corrected chi connectivity index (χ1v) is 9.05. The van der Waals surface area contributed by atoms with Gasteiger partial charge in [-0.2, -0.15) is 0 Å². The molecule has 0 unspecified atom stereocenters. The first-order valence-electron chi connectivity index (χ1n) is 9.05. The largest absolute Gasteiger partial charge is 0.497 e. The zero-order chi connectivity index (χ0) is 20.6. The van der Waals surface area contributed by atoms with Gasteiger partial charge in [0.2, 0.25) is 0 Å². The molecule has 0 aliphatic carbocycles. The lowest BCUT2D eigenvalue weighted by Gasteiger charge is -2.11. The van der Waals surface area contributed by atoms with Crippen LogP contribution in [0.2, 0.25) is 0 Å². The summed E-state index contributed by atoms with van der Waals surface area (Å²) < 4.78 is 10.6. The highest BCUT2D eigenvalue weighted by molar-refractivity contribution is 6.08. The van der Waals surface area contributed by atoms with E-state index in [1.165, 1.54) is 12.3 Å². The fourth-order valence-corrected chi connectivity index (χ4v) is 2.61. The number of aromatic nitrogens is 1. The second kappa shape index (κ2) is 9.36. The van der Waals surface area contributed by atoms with Gasteiger partial charge in [-0.3, -0.25) is 14.6 Å². The van der Waals surface area contributed by atoms with Gasteiger partial charge in [0.05, 0.1) is 19.4 Å². The molecule has 0 aliphatic heterocycles. The summed E-state index contributed by atoms with van der Waals surface area (Å²) in [6.07, 6.45) is 1.42. The number of carbonyl (C=O) groups is 2. The molecule has 0 atom stereocenters. The predicted octanol–water partition coefficient (Wildman–Crippen LogP) is 3.99. The molecule has 1 aromatic heterocycles. The highest BCUT2D eigenvalue weighted by Gasteiger charge is 2.14. The minimum absolute atomic E-state index is 0.124. The number of hydrogen-bond acceptors (Lipinski definition) is 5. The number of rotatable bonds is 7. The van der Waals surface area contributed by atoms with Crippen LogP contribution in [0.25, 0.3) is 0 Å². The molecule has 7 nitrogen and oxygen atoms in total. The Morgan fingerprint density at radius 1 is 0.966 bits per heavy atom. The third-order valence-corrected chi connectivity index (χ3v) is 4.04. The van der Waals surface area contributed by atoms with E-state index < -0.39 is 5.91 Å². The smallest absolute Gasteiger partial charge is 0.274 e. The van der Waals surface area contributed by atoms with Crippen molar-refractivity contribution in [3.8, 4) is 11.5 Å².